The smallest absolute Gasteiger partial charge is 0.119 e. The lowest BCUT2D eigenvalue weighted by Gasteiger charge is -2.00. The summed E-state index contributed by atoms with van der Waals surface area (Å²) in [5.74, 6) is 1.13. The van der Waals surface area contributed by atoms with E-state index < -0.39 is 0 Å². The van der Waals surface area contributed by atoms with Gasteiger partial charge in [0, 0.05) is 0 Å². The average molecular weight is 226 g/mol. The third-order valence-corrected chi connectivity index (χ3v) is 2.46. The molecule has 1 N–H and O–H groups in total. The normalized spacial score (nSPS) is 10.6. The fourth-order valence-electron chi connectivity index (χ4n) is 1.52. The minimum absolute atomic E-state index is 0.281. The SMILES string of the molecule is COc1cccc(/C=C\c2ccc(O)cc2)c1. The summed E-state index contributed by atoms with van der Waals surface area (Å²) in [4.78, 5) is 0. The van der Waals surface area contributed by atoms with Gasteiger partial charge in [0.25, 0.3) is 0 Å². The number of rotatable bonds is 3. The summed E-state index contributed by atoms with van der Waals surface area (Å²) in [6.45, 7) is 0. The van der Waals surface area contributed by atoms with Gasteiger partial charge in [-0.15, -0.1) is 0 Å². The van der Waals surface area contributed by atoms with Gasteiger partial charge in [0.2, 0.25) is 0 Å². The van der Waals surface area contributed by atoms with Crippen LogP contribution in [0.4, 0.5) is 0 Å². The number of ether oxygens (including phenoxy) is 1. The number of benzene rings is 2. The van der Waals surface area contributed by atoms with Crippen LogP contribution in [0.15, 0.2) is 48.5 Å². The topological polar surface area (TPSA) is 29.5 Å². The maximum absolute atomic E-state index is 9.17. The molecule has 0 bridgehead atoms. The molecule has 2 aromatic carbocycles. The molecule has 2 aromatic rings. The third-order valence-electron chi connectivity index (χ3n) is 2.46. The Hall–Kier alpha value is -2.22. The highest BCUT2D eigenvalue weighted by atomic mass is 16.5. The molecule has 0 spiro atoms. The second-order valence-corrected chi connectivity index (χ2v) is 3.70. The van der Waals surface area contributed by atoms with Gasteiger partial charge in [-0.05, 0) is 35.4 Å². The van der Waals surface area contributed by atoms with Crippen molar-refractivity contribution in [2.45, 2.75) is 0 Å². The highest BCUT2D eigenvalue weighted by Crippen LogP contribution is 2.16. The van der Waals surface area contributed by atoms with Crippen LogP contribution in [0.3, 0.4) is 0 Å². The van der Waals surface area contributed by atoms with Crippen LogP contribution in [0.5, 0.6) is 11.5 Å². The van der Waals surface area contributed by atoms with Gasteiger partial charge in [0.1, 0.15) is 11.5 Å². The summed E-state index contributed by atoms with van der Waals surface area (Å²) < 4.78 is 5.16. The molecule has 17 heavy (non-hydrogen) atoms. The molecule has 0 atom stereocenters. The minimum Gasteiger partial charge on any atom is -0.508 e. The molecule has 0 aliphatic carbocycles. The Morgan fingerprint density at radius 3 is 2.35 bits per heavy atom. The fourth-order valence-corrected chi connectivity index (χ4v) is 1.52. The molecule has 0 unspecified atom stereocenters. The van der Waals surface area contributed by atoms with Crippen molar-refractivity contribution in [2.24, 2.45) is 0 Å². The number of phenolic OH excluding ortho intramolecular Hbond substituents is 1. The molecule has 0 aliphatic rings. The molecule has 86 valence electrons. The van der Waals surface area contributed by atoms with Crippen LogP contribution in [0.2, 0.25) is 0 Å². The van der Waals surface area contributed by atoms with E-state index in [0.29, 0.717) is 0 Å². The molecule has 2 heteroatoms. The van der Waals surface area contributed by atoms with Gasteiger partial charge in [-0.3, -0.25) is 0 Å². The van der Waals surface area contributed by atoms with E-state index in [1.165, 1.54) is 0 Å². The Morgan fingerprint density at radius 2 is 1.65 bits per heavy atom. The van der Waals surface area contributed by atoms with Crippen molar-refractivity contribution in [3.05, 3.63) is 59.7 Å². The van der Waals surface area contributed by atoms with Gasteiger partial charge in [-0.2, -0.15) is 0 Å². The monoisotopic (exact) mass is 226 g/mol. The van der Waals surface area contributed by atoms with Crippen LogP contribution in [0, 0.1) is 0 Å². The van der Waals surface area contributed by atoms with Gasteiger partial charge in [-0.1, -0.05) is 36.4 Å². The van der Waals surface area contributed by atoms with Crippen LogP contribution in [-0.4, -0.2) is 12.2 Å². The van der Waals surface area contributed by atoms with Crippen molar-refractivity contribution in [3.63, 3.8) is 0 Å². The lowest BCUT2D eigenvalue weighted by Crippen LogP contribution is -1.82. The molecule has 0 radical (unpaired) electrons. The summed E-state index contributed by atoms with van der Waals surface area (Å²) in [5, 5.41) is 9.17. The van der Waals surface area contributed by atoms with Crippen molar-refractivity contribution in [1.82, 2.24) is 0 Å². The fraction of sp³-hybridized carbons (Fsp3) is 0.0667. The van der Waals surface area contributed by atoms with Gasteiger partial charge in [0.05, 0.1) is 7.11 Å². The summed E-state index contributed by atoms with van der Waals surface area (Å²) in [6, 6.07) is 14.9. The maximum Gasteiger partial charge on any atom is 0.119 e. The average Bonchev–Trinajstić information content (AvgIpc) is 2.38. The van der Waals surface area contributed by atoms with Crippen LogP contribution >= 0.6 is 0 Å². The highest BCUT2D eigenvalue weighted by Gasteiger charge is 1.92. The Labute approximate surface area is 101 Å². The zero-order valence-corrected chi connectivity index (χ0v) is 9.63. The first-order chi connectivity index (χ1) is 8.28. The minimum atomic E-state index is 0.281. The first kappa shape index (κ1) is 11.3. The standard InChI is InChI=1S/C15H14O2/c1-17-15-4-2-3-13(11-15)6-5-12-7-9-14(16)10-8-12/h2-11,16H,1H3/b6-5-. The van der Waals surface area contributed by atoms with Crippen molar-refractivity contribution in [3.8, 4) is 11.5 Å². The largest absolute Gasteiger partial charge is 0.508 e. The van der Waals surface area contributed by atoms with E-state index in [0.717, 1.165) is 16.9 Å². The van der Waals surface area contributed by atoms with E-state index in [9.17, 15) is 0 Å². The van der Waals surface area contributed by atoms with Crippen molar-refractivity contribution in [2.75, 3.05) is 7.11 Å². The number of aromatic hydroxyl groups is 1. The summed E-state index contributed by atoms with van der Waals surface area (Å²) in [7, 11) is 1.66. The summed E-state index contributed by atoms with van der Waals surface area (Å²) in [6.07, 6.45) is 4.00. The molecule has 0 saturated heterocycles. The Balaban J connectivity index is 2.16. The number of hydrogen-bond acceptors (Lipinski definition) is 2. The van der Waals surface area contributed by atoms with E-state index >= 15 is 0 Å². The van der Waals surface area contributed by atoms with Crippen molar-refractivity contribution < 1.29 is 9.84 Å². The molecule has 0 aliphatic heterocycles. The van der Waals surface area contributed by atoms with Gasteiger partial charge < -0.3 is 9.84 Å². The maximum atomic E-state index is 9.17. The first-order valence-corrected chi connectivity index (χ1v) is 5.39. The van der Waals surface area contributed by atoms with Crippen LogP contribution in [0.25, 0.3) is 12.2 Å². The Kier molecular flexibility index (Phi) is 3.46. The third kappa shape index (κ3) is 3.11. The molecule has 0 fully saturated rings. The second kappa shape index (κ2) is 5.21. The molecule has 0 amide bonds. The zero-order chi connectivity index (χ0) is 12.1. The van der Waals surface area contributed by atoms with Crippen LogP contribution in [0.1, 0.15) is 11.1 Å². The predicted octanol–water partition coefficient (Wildman–Crippen LogP) is 3.57. The lowest BCUT2D eigenvalue weighted by molar-refractivity contribution is 0.414. The molecule has 2 rings (SSSR count). The van der Waals surface area contributed by atoms with E-state index in [2.05, 4.69) is 0 Å². The molecule has 0 aromatic heterocycles. The number of phenols is 1. The van der Waals surface area contributed by atoms with Crippen molar-refractivity contribution >= 4 is 12.2 Å². The van der Waals surface area contributed by atoms with Gasteiger partial charge >= 0.3 is 0 Å². The van der Waals surface area contributed by atoms with E-state index in [1.807, 2.05) is 48.6 Å². The van der Waals surface area contributed by atoms with Crippen LogP contribution in [-0.2, 0) is 0 Å². The van der Waals surface area contributed by atoms with Gasteiger partial charge in [0.15, 0.2) is 0 Å². The number of methoxy groups -OCH3 is 1. The Bertz CT molecular complexity index is 513. The predicted molar refractivity (Wildman–Crippen MR) is 70.0 cm³/mol. The summed E-state index contributed by atoms with van der Waals surface area (Å²) in [5.41, 5.74) is 2.13. The van der Waals surface area contributed by atoms with E-state index in [-0.39, 0.29) is 5.75 Å². The second-order valence-electron chi connectivity index (χ2n) is 3.70. The number of hydrogen-bond donors (Lipinski definition) is 1. The van der Waals surface area contributed by atoms with E-state index in [4.69, 9.17) is 9.84 Å². The van der Waals surface area contributed by atoms with Crippen LogP contribution < -0.4 is 4.74 Å². The molecular weight excluding hydrogens is 212 g/mol. The Morgan fingerprint density at radius 1 is 0.941 bits per heavy atom. The van der Waals surface area contributed by atoms with Gasteiger partial charge in [-0.25, -0.2) is 0 Å². The first-order valence-electron chi connectivity index (χ1n) is 5.39. The molecular formula is C15H14O2. The quantitative estimate of drug-likeness (QED) is 0.811. The van der Waals surface area contributed by atoms with E-state index in [1.54, 1.807) is 19.2 Å². The zero-order valence-electron chi connectivity index (χ0n) is 9.63. The van der Waals surface area contributed by atoms with Crippen molar-refractivity contribution in [1.29, 1.82) is 0 Å². The highest BCUT2D eigenvalue weighted by molar-refractivity contribution is 5.70. The molecule has 0 saturated carbocycles. The summed E-state index contributed by atoms with van der Waals surface area (Å²) >= 11 is 0. The lowest BCUT2D eigenvalue weighted by atomic mass is 10.1. The molecule has 2 nitrogen and oxygen atoms in total. The molecule has 0 heterocycles.